The predicted molar refractivity (Wildman–Crippen MR) is 70.2 cm³/mol. The Hall–Kier alpha value is -1.87. The van der Waals surface area contributed by atoms with Gasteiger partial charge in [0.1, 0.15) is 0 Å². The Morgan fingerprint density at radius 2 is 1.94 bits per heavy atom. The van der Waals surface area contributed by atoms with Gasteiger partial charge in [0.25, 0.3) is 0 Å². The lowest BCUT2D eigenvalue weighted by Gasteiger charge is -2.13. The van der Waals surface area contributed by atoms with E-state index in [1.54, 1.807) is 0 Å². The van der Waals surface area contributed by atoms with E-state index in [1.807, 2.05) is 42.5 Å². The summed E-state index contributed by atoms with van der Waals surface area (Å²) in [5, 5.41) is 12.3. The van der Waals surface area contributed by atoms with Crippen molar-refractivity contribution < 1.29 is 14.6 Å². The third kappa shape index (κ3) is 2.68. The molecule has 0 saturated heterocycles. The molecule has 0 saturated carbocycles. The van der Waals surface area contributed by atoms with Gasteiger partial charge in [0.05, 0.1) is 13.2 Å². The van der Waals surface area contributed by atoms with E-state index in [-0.39, 0.29) is 12.4 Å². The quantitative estimate of drug-likeness (QED) is 0.841. The van der Waals surface area contributed by atoms with Crippen molar-refractivity contribution in [2.75, 3.05) is 7.11 Å². The van der Waals surface area contributed by atoms with Crippen LogP contribution in [0.4, 0.5) is 0 Å². The number of benzene rings is 2. The fourth-order valence-corrected chi connectivity index (χ4v) is 2.05. The average molecular weight is 244 g/mol. The van der Waals surface area contributed by atoms with Crippen LogP contribution in [0, 0.1) is 0 Å². The molecule has 1 unspecified atom stereocenters. The topological polar surface area (TPSA) is 46.5 Å². The summed E-state index contributed by atoms with van der Waals surface area (Å²) in [4.78, 5) is 11.1. The number of rotatable bonds is 4. The smallest absolute Gasteiger partial charge is 0.305 e. The first-order chi connectivity index (χ1) is 8.72. The lowest BCUT2D eigenvalue weighted by atomic mass is 9.98. The molecule has 0 aromatic heterocycles. The molecule has 94 valence electrons. The van der Waals surface area contributed by atoms with E-state index in [2.05, 4.69) is 4.74 Å². The van der Waals surface area contributed by atoms with Gasteiger partial charge in [-0.2, -0.15) is 0 Å². The summed E-state index contributed by atoms with van der Waals surface area (Å²) in [6, 6.07) is 13.7. The number of aliphatic hydroxyl groups excluding tert-OH is 1. The number of carbonyl (C=O) groups is 1. The summed E-state index contributed by atoms with van der Waals surface area (Å²) in [5.41, 5.74) is 0.858. The van der Waals surface area contributed by atoms with E-state index in [0.29, 0.717) is 6.42 Å². The maximum Gasteiger partial charge on any atom is 0.305 e. The molecule has 0 fully saturated rings. The Morgan fingerprint density at radius 1 is 1.22 bits per heavy atom. The molecule has 2 aromatic carbocycles. The molecule has 0 bridgehead atoms. The lowest BCUT2D eigenvalue weighted by molar-refractivity contribution is -0.141. The van der Waals surface area contributed by atoms with E-state index in [9.17, 15) is 9.90 Å². The molecule has 0 radical (unpaired) electrons. The number of hydrogen-bond acceptors (Lipinski definition) is 3. The molecular formula is C15H16O3. The average Bonchev–Trinajstić information content (AvgIpc) is 2.43. The second-order valence-electron chi connectivity index (χ2n) is 4.20. The normalized spacial score (nSPS) is 12.3. The van der Waals surface area contributed by atoms with Crippen LogP contribution in [0.1, 0.15) is 24.5 Å². The number of esters is 1. The molecule has 0 amide bonds. The van der Waals surface area contributed by atoms with Gasteiger partial charge in [0.2, 0.25) is 0 Å². The van der Waals surface area contributed by atoms with E-state index < -0.39 is 6.10 Å². The molecule has 0 aliphatic heterocycles. The maximum absolute atomic E-state index is 11.1. The zero-order valence-electron chi connectivity index (χ0n) is 10.3. The number of hydrogen-bond donors (Lipinski definition) is 1. The standard InChI is InChI=1S/C15H16O3/c1-18-15(17)10-9-14(16)13-8-4-6-11-5-2-3-7-12(11)13/h2-8,14,16H,9-10H2,1H3. The zero-order valence-corrected chi connectivity index (χ0v) is 10.3. The van der Waals surface area contributed by atoms with Crippen molar-refractivity contribution in [1.82, 2.24) is 0 Å². The van der Waals surface area contributed by atoms with Gasteiger partial charge in [-0.15, -0.1) is 0 Å². The van der Waals surface area contributed by atoms with E-state index >= 15 is 0 Å². The molecule has 0 heterocycles. The Bertz CT molecular complexity index is 543. The minimum atomic E-state index is -0.643. The lowest BCUT2D eigenvalue weighted by Crippen LogP contribution is -2.05. The summed E-state index contributed by atoms with van der Waals surface area (Å²) in [6.45, 7) is 0. The highest BCUT2D eigenvalue weighted by molar-refractivity contribution is 5.86. The van der Waals surface area contributed by atoms with Gasteiger partial charge in [-0.3, -0.25) is 4.79 Å². The van der Waals surface area contributed by atoms with Crippen LogP contribution in [-0.4, -0.2) is 18.2 Å². The van der Waals surface area contributed by atoms with E-state index in [1.165, 1.54) is 7.11 Å². The molecule has 0 aliphatic rings. The van der Waals surface area contributed by atoms with Gasteiger partial charge in [-0.1, -0.05) is 42.5 Å². The maximum atomic E-state index is 11.1. The number of fused-ring (bicyclic) bond motifs is 1. The molecule has 18 heavy (non-hydrogen) atoms. The highest BCUT2D eigenvalue weighted by Crippen LogP contribution is 2.26. The molecule has 3 heteroatoms. The summed E-state index contributed by atoms with van der Waals surface area (Å²) >= 11 is 0. The van der Waals surface area contributed by atoms with Gasteiger partial charge < -0.3 is 9.84 Å². The van der Waals surface area contributed by atoms with Crippen molar-refractivity contribution in [3.63, 3.8) is 0 Å². The third-order valence-corrected chi connectivity index (χ3v) is 3.03. The largest absolute Gasteiger partial charge is 0.469 e. The van der Waals surface area contributed by atoms with Crippen LogP contribution in [0.2, 0.25) is 0 Å². The van der Waals surface area contributed by atoms with E-state index in [0.717, 1.165) is 16.3 Å². The monoisotopic (exact) mass is 244 g/mol. The van der Waals surface area contributed by atoms with E-state index in [4.69, 9.17) is 0 Å². The van der Waals surface area contributed by atoms with Gasteiger partial charge in [0, 0.05) is 6.42 Å². The Morgan fingerprint density at radius 3 is 2.72 bits per heavy atom. The highest BCUT2D eigenvalue weighted by Gasteiger charge is 2.12. The summed E-state index contributed by atoms with van der Waals surface area (Å²) in [7, 11) is 1.35. The second kappa shape index (κ2) is 5.65. The Balaban J connectivity index is 2.22. The molecule has 3 nitrogen and oxygen atoms in total. The van der Waals surface area contributed by atoms with Gasteiger partial charge in [-0.25, -0.2) is 0 Å². The van der Waals surface area contributed by atoms with Gasteiger partial charge >= 0.3 is 5.97 Å². The summed E-state index contributed by atoms with van der Waals surface area (Å²) in [5.74, 6) is -0.297. The highest BCUT2D eigenvalue weighted by atomic mass is 16.5. The van der Waals surface area contributed by atoms with Crippen molar-refractivity contribution in [2.45, 2.75) is 18.9 Å². The van der Waals surface area contributed by atoms with Gasteiger partial charge in [0.15, 0.2) is 0 Å². The van der Waals surface area contributed by atoms with Crippen molar-refractivity contribution in [2.24, 2.45) is 0 Å². The fraction of sp³-hybridized carbons (Fsp3) is 0.267. The van der Waals surface area contributed by atoms with Crippen molar-refractivity contribution >= 4 is 16.7 Å². The van der Waals surface area contributed by atoms with Crippen LogP contribution in [0.15, 0.2) is 42.5 Å². The summed E-state index contributed by atoms with van der Waals surface area (Å²) < 4.78 is 4.57. The van der Waals surface area contributed by atoms with Crippen molar-refractivity contribution in [3.8, 4) is 0 Å². The minimum Gasteiger partial charge on any atom is -0.469 e. The number of ether oxygens (including phenoxy) is 1. The molecule has 2 aromatic rings. The first-order valence-electron chi connectivity index (χ1n) is 5.95. The third-order valence-electron chi connectivity index (χ3n) is 3.03. The molecule has 0 spiro atoms. The number of aliphatic hydroxyl groups is 1. The van der Waals surface area contributed by atoms with Crippen LogP contribution >= 0.6 is 0 Å². The molecule has 1 atom stereocenters. The molecule has 0 aliphatic carbocycles. The number of methoxy groups -OCH3 is 1. The Kier molecular flexibility index (Phi) is 3.95. The van der Waals surface area contributed by atoms with Crippen LogP contribution < -0.4 is 0 Å². The fourth-order valence-electron chi connectivity index (χ4n) is 2.05. The first-order valence-corrected chi connectivity index (χ1v) is 5.95. The van der Waals surface area contributed by atoms with Crippen LogP contribution in [-0.2, 0) is 9.53 Å². The molecule has 2 rings (SSSR count). The van der Waals surface area contributed by atoms with Crippen LogP contribution in [0.5, 0.6) is 0 Å². The van der Waals surface area contributed by atoms with Crippen molar-refractivity contribution in [1.29, 1.82) is 0 Å². The Labute approximate surface area is 106 Å². The van der Waals surface area contributed by atoms with Crippen molar-refractivity contribution in [3.05, 3.63) is 48.0 Å². The minimum absolute atomic E-state index is 0.223. The summed E-state index contributed by atoms with van der Waals surface area (Å²) in [6.07, 6.45) is -0.0446. The van der Waals surface area contributed by atoms with Crippen LogP contribution in [0.3, 0.4) is 0 Å². The zero-order chi connectivity index (χ0) is 13.0. The van der Waals surface area contributed by atoms with Crippen LogP contribution in [0.25, 0.3) is 10.8 Å². The first kappa shape index (κ1) is 12.6. The number of carbonyl (C=O) groups excluding carboxylic acids is 1. The second-order valence-corrected chi connectivity index (χ2v) is 4.20. The molecular weight excluding hydrogens is 228 g/mol. The molecule has 1 N–H and O–H groups in total. The van der Waals surface area contributed by atoms with Gasteiger partial charge in [-0.05, 0) is 22.8 Å². The predicted octanol–water partition coefficient (Wildman–Crippen LogP) is 2.83. The SMILES string of the molecule is COC(=O)CCC(O)c1cccc2ccccc12.